The average molecular weight is 228 g/mol. The third-order valence-corrected chi connectivity index (χ3v) is 2.52. The van der Waals surface area contributed by atoms with Crippen molar-refractivity contribution in [1.29, 1.82) is 0 Å². The zero-order valence-electron chi connectivity index (χ0n) is 10.2. The highest BCUT2D eigenvalue weighted by atomic mass is 15.4. The zero-order valence-corrected chi connectivity index (χ0v) is 10.2. The van der Waals surface area contributed by atoms with E-state index >= 15 is 0 Å². The van der Waals surface area contributed by atoms with Crippen LogP contribution in [-0.2, 0) is 0 Å². The van der Waals surface area contributed by atoms with Crippen molar-refractivity contribution in [3.63, 3.8) is 0 Å². The second kappa shape index (κ2) is 5.35. The first kappa shape index (κ1) is 11.5. The second-order valence-electron chi connectivity index (χ2n) is 3.87. The van der Waals surface area contributed by atoms with E-state index in [9.17, 15) is 0 Å². The fourth-order valence-corrected chi connectivity index (χ4v) is 1.60. The second-order valence-corrected chi connectivity index (χ2v) is 3.87. The van der Waals surface area contributed by atoms with E-state index < -0.39 is 0 Å². The van der Waals surface area contributed by atoms with Gasteiger partial charge in [-0.3, -0.25) is 4.90 Å². The smallest absolute Gasteiger partial charge is 0.195 e. The van der Waals surface area contributed by atoms with Crippen LogP contribution in [0.15, 0.2) is 34.0 Å². The van der Waals surface area contributed by atoms with Gasteiger partial charge in [0, 0.05) is 44.3 Å². The molecule has 2 aliphatic rings. The Labute approximate surface area is 102 Å². The Morgan fingerprint density at radius 1 is 1.24 bits per heavy atom. The van der Waals surface area contributed by atoms with E-state index in [1.807, 2.05) is 29.2 Å². The fourth-order valence-electron chi connectivity index (χ4n) is 1.60. The summed E-state index contributed by atoms with van der Waals surface area (Å²) >= 11 is 0. The first-order valence-electron chi connectivity index (χ1n) is 5.83. The van der Waals surface area contributed by atoms with Crippen molar-refractivity contribution in [2.45, 2.75) is 26.2 Å². The molecular formula is C13H16N4. The lowest BCUT2D eigenvalue weighted by Gasteiger charge is -2.16. The molecule has 0 aromatic carbocycles. The maximum atomic E-state index is 4.20. The molecule has 0 atom stereocenters. The highest BCUT2D eigenvalue weighted by molar-refractivity contribution is 6.18. The summed E-state index contributed by atoms with van der Waals surface area (Å²) < 4.78 is 0. The van der Waals surface area contributed by atoms with Crippen LogP contribution in [0.25, 0.3) is 0 Å². The summed E-state index contributed by atoms with van der Waals surface area (Å²) in [5.74, 6) is 4.79. The minimum atomic E-state index is 0.710. The van der Waals surface area contributed by atoms with E-state index in [-0.39, 0.29) is 0 Å². The third kappa shape index (κ3) is 2.56. The molecule has 0 aromatic heterocycles. The highest BCUT2D eigenvalue weighted by Gasteiger charge is 2.20. The van der Waals surface area contributed by atoms with Crippen molar-refractivity contribution in [2.24, 2.45) is 9.98 Å². The molecule has 0 radical (unpaired) electrons. The third-order valence-electron chi connectivity index (χ3n) is 2.52. The van der Waals surface area contributed by atoms with Crippen LogP contribution in [0.2, 0.25) is 0 Å². The maximum Gasteiger partial charge on any atom is 0.195 e. The Balaban J connectivity index is 2.13. The molecule has 2 aliphatic heterocycles. The largest absolute Gasteiger partial charge is 0.332 e. The minimum Gasteiger partial charge on any atom is -0.332 e. The Morgan fingerprint density at radius 2 is 2.00 bits per heavy atom. The Bertz CT molecular complexity index is 446. The topological polar surface area (TPSA) is 31.2 Å². The molecule has 0 spiro atoms. The Morgan fingerprint density at radius 3 is 2.71 bits per heavy atom. The van der Waals surface area contributed by atoms with Gasteiger partial charge in [0.1, 0.15) is 0 Å². The molecule has 0 aliphatic carbocycles. The molecule has 2 rings (SSSR count). The Kier molecular flexibility index (Phi) is 3.61. The van der Waals surface area contributed by atoms with E-state index in [1.54, 1.807) is 12.4 Å². The molecule has 88 valence electrons. The highest BCUT2D eigenvalue weighted by Crippen LogP contribution is 2.22. The standard InChI is InChI=1S/C13H16N4/c1-3-4-5-6-9-17-11-10-16(2)13(17)12-14-7-8-15-12/h7-8,10-11H,3-5H2,1-2H3. The van der Waals surface area contributed by atoms with Crippen LogP contribution in [0, 0.1) is 12.0 Å². The number of aliphatic imine (C=N–C) groups is 2. The molecule has 0 bridgehead atoms. The van der Waals surface area contributed by atoms with E-state index in [0.717, 1.165) is 18.7 Å². The maximum absolute atomic E-state index is 4.20. The van der Waals surface area contributed by atoms with Gasteiger partial charge in [0.05, 0.1) is 0 Å². The van der Waals surface area contributed by atoms with Gasteiger partial charge in [-0.2, -0.15) is 0 Å². The van der Waals surface area contributed by atoms with Gasteiger partial charge in [-0.15, -0.1) is 0 Å². The van der Waals surface area contributed by atoms with Gasteiger partial charge in [-0.25, -0.2) is 9.98 Å². The van der Waals surface area contributed by atoms with Gasteiger partial charge in [-0.1, -0.05) is 19.3 Å². The molecule has 0 amide bonds. The first-order valence-corrected chi connectivity index (χ1v) is 5.83. The predicted octanol–water partition coefficient (Wildman–Crippen LogP) is 2.14. The normalized spacial score (nSPS) is 17.1. The van der Waals surface area contributed by atoms with Gasteiger partial charge >= 0.3 is 0 Å². The van der Waals surface area contributed by atoms with Crippen LogP contribution in [-0.4, -0.2) is 29.3 Å². The SMILES string of the molecule is CCCCC#CN1C=CN(C)C1=C1N=CC=N1. The van der Waals surface area contributed by atoms with Gasteiger partial charge in [0.2, 0.25) is 0 Å². The quantitative estimate of drug-likeness (QED) is 0.535. The monoisotopic (exact) mass is 228 g/mol. The van der Waals surface area contributed by atoms with Crippen LogP contribution in [0.3, 0.4) is 0 Å². The molecule has 0 aromatic rings. The van der Waals surface area contributed by atoms with Crippen LogP contribution >= 0.6 is 0 Å². The number of hydrogen-bond acceptors (Lipinski definition) is 4. The lowest BCUT2D eigenvalue weighted by Crippen LogP contribution is -2.17. The van der Waals surface area contributed by atoms with E-state index in [0.29, 0.717) is 5.82 Å². The summed E-state index contributed by atoms with van der Waals surface area (Å²) in [4.78, 5) is 12.3. The number of hydrogen-bond donors (Lipinski definition) is 0. The van der Waals surface area contributed by atoms with E-state index in [2.05, 4.69) is 28.9 Å². The van der Waals surface area contributed by atoms with Crippen LogP contribution in [0.1, 0.15) is 26.2 Å². The first-order chi connectivity index (χ1) is 8.33. The summed E-state index contributed by atoms with van der Waals surface area (Å²) in [7, 11) is 1.97. The predicted molar refractivity (Wildman–Crippen MR) is 70.1 cm³/mol. The van der Waals surface area contributed by atoms with E-state index in [1.165, 1.54) is 6.42 Å². The van der Waals surface area contributed by atoms with Crippen molar-refractivity contribution in [1.82, 2.24) is 9.80 Å². The summed E-state index contributed by atoms with van der Waals surface area (Å²) in [5.41, 5.74) is 0. The van der Waals surface area contributed by atoms with Crippen LogP contribution < -0.4 is 0 Å². The molecule has 2 heterocycles. The molecule has 0 unspecified atom stereocenters. The van der Waals surface area contributed by atoms with Crippen molar-refractivity contribution < 1.29 is 0 Å². The number of rotatable bonds is 2. The van der Waals surface area contributed by atoms with Crippen LogP contribution in [0.4, 0.5) is 0 Å². The average Bonchev–Trinajstić information content (AvgIpc) is 2.94. The lowest BCUT2D eigenvalue weighted by atomic mass is 10.3. The number of nitrogens with zero attached hydrogens (tertiary/aromatic N) is 4. The van der Waals surface area contributed by atoms with Crippen molar-refractivity contribution in [3.05, 3.63) is 24.0 Å². The van der Waals surface area contributed by atoms with Gasteiger partial charge in [0.25, 0.3) is 0 Å². The molecule has 4 nitrogen and oxygen atoms in total. The molecule has 0 N–H and O–H groups in total. The molecular weight excluding hydrogens is 212 g/mol. The summed E-state index contributed by atoms with van der Waals surface area (Å²) in [5, 5.41) is 0. The minimum absolute atomic E-state index is 0.710. The molecule has 4 heteroatoms. The molecule has 0 saturated carbocycles. The van der Waals surface area contributed by atoms with Crippen molar-refractivity contribution >= 4 is 12.4 Å². The van der Waals surface area contributed by atoms with Crippen molar-refractivity contribution in [2.75, 3.05) is 7.05 Å². The fraction of sp³-hybridized carbons (Fsp3) is 0.385. The Hall–Kier alpha value is -2.02. The number of unbranched alkanes of at least 4 members (excludes halogenated alkanes) is 2. The van der Waals surface area contributed by atoms with Gasteiger partial charge < -0.3 is 4.90 Å². The summed E-state index contributed by atoms with van der Waals surface area (Å²) in [6.45, 7) is 2.17. The summed E-state index contributed by atoms with van der Waals surface area (Å²) in [6, 6.07) is 3.12. The van der Waals surface area contributed by atoms with Gasteiger partial charge in [-0.05, 0) is 6.42 Å². The molecule has 17 heavy (non-hydrogen) atoms. The molecule has 0 saturated heterocycles. The van der Waals surface area contributed by atoms with Crippen LogP contribution in [0.5, 0.6) is 0 Å². The van der Waals surface area contributed by atoms with E-state index in [4.69, 9.17) is 0 Å². The zero-order chi connectivity index (χ0) is 12.1. The lowest BCUT2D eigenvalue weighted by molar-refractivity contribution is 0.475. The van der Waals surface area contributed by atoms with Crippen molar-refractivity contribution in [3.8, 4) is 12.0 Å². The van der Waals surface area contributed by atoms with Gasteiger partial charge in [0.15, 0.2) is 11.6 Å². The summed E-state index contributed by atoms with van der Waals surface area (Å²) in [6.07, 6.45) is 10.5. The molecule has 0 fully saturated rings.